The summed E-state index contributed by atoms with van der Waals surface area (Å²) in [6.07, 6.45) is 3.04. The van der Waals surface area contributed by atoms with Gasteiger partial charge in [0.05, 0.1) is 6.10 Å². The maximum absolute atomic E-state index is 13.0. The number of methoxy groups -OCH3 is 1. The number of hydrogen-bond donors (Lipinski definition) is 1. The van der Waals surface area contributed by atoms with E-state index in [0.29, 0.717) is 5.70 Å². The third kappa shape index (κ3) is 1.70. The Balaban J connectivity index is 2.68. The Morgan fingerprint density at radius 2 is 2.05 bits per heavy atom. The van der Waals surface area contributed by atoms with Gasteiger partial charge in [0, 0.05) is 24.6 Å². The van der Waals surface area contributed by atoms with Crippen LogP contribution in [0, 0.1) is 22.7 Å². The summed E-state index contributed by atoms with van der Waals surface area (Å²) in [5.74, 6) is -0.564. The fourth-order valence-corrected chi connectivity index (χ4v) is 3.97. The molecule has 20 heavy (non-hydrogen) atoms. The number of rotatable bonds is 3. The number of ether oxygens (including phenoxy) is 1. The van der Waals surface area contributed by atoms with Crippen molar-refractivity contribution in [2.45, 2.75) is 46.6 Å². The first-order valence-electron chi connectivity index (χ1n) is 7.29. The van der Waals surface area contributed by atoms with Gasteiger partial charge in [-0.1, -0.05) is 27.7 Å². The first kappa shape index (κ1) is 15.2. The van der Waals surface area contributed by atoms with E-state index in [1.807, 2.05) is 27.7 Å². The molecule has 0 saturated heterocycles. The molecule has 0 heterocycles. The minimum absolute atomic E-state index is 0.0423. The maximum Gasteiger partial charge on any atom is 0.158 e. The molecule has 0 aromatic carbocycles. The van der Waals surface area contributed by atoms with E-state index in [1.165, 1.54) is 0 Å². The summed E-state index contributed by atoms with van der Waals surface area (Å²) in [6.45, 7) is 7.63. The molecule has 2 N–H and O–H groups in total. The van der Waals surface area contributed by atoms with Crippen molar-refractivity contribution in [3.63, 3.8) is 0 Å². The third-order valence-electron chi connectivity index (χ3n) is 5.14. The van der Waals surface area contributed by atoms with Gasteiger partial charge in [0.15, 0.2) is 11.6 Å². The van der Waals surface area contributed by atoms with Gasteiger partial charge in [-0.3, -0.25) is 9.59 Å². The van der Waals surface area contributed by atoms with E-state index in [1.54, 1.807) is 13.2 Å². The fourth-order valence-electron chi connectivity index (χ4n) is 3.97. The normalized spacial score (nSPS) is 35.9. The van der Waals surface area contributed by atoms with Crippen LogP contribution in [0.3, 0.4) is 0 Å². The molecule has 4 nitrogen and oxygen atoms in total. The van der Waals surface area contributed by atoms with Crippen LogP contribution in [-0.2, 0) is 14.3 Å². The van der Waals surface area contributed by atoms with Gasteiger partial charge in [0.25, 0.3) is 0 Å². The van der Waals surface area contributed by atoms with Crippen molar-refractivity contribution < 1.29 is 14.3 Å². The van der Waals surface area contributed by atoms with Gasteiger partial charge in [-0.2, -0.15) is 0 Å². The van der Waals surface area contributed by atoms with Gasteiger partial charge in [-0.05, 0) is 24.3 Å². The molecule has 0 unspecified atom stereocenters. The van der Waals surface area contributed by atoms with E-state index >= 15 is 0 Å². The lowest BCUT2D eigenvalue weighted by Crippen LogP contribution is -2.63. The molecular weight excluding hydrogens is 254 g/mol. The summed E-state index contributed by atoms with van der Waals surface area (Å²) in [6, 6.07) is 0. The van der Waals surface area contributed by atoms with Crippen molar-refractivity contribution in [3.8, 4) is 0 Å². The summed E-state index contributed by atoms with van der Waals surface area (Å²) in [5.41, 5.74) is 5.00. The number of hydrogen-bond acceptors (Lipinski definition) is 4. The molecule has 0 radical (unpaired) electrons. The molecule has 0 aromatic rings. The fraction of sp³-hybridized carbons (Fsp3) is 0.750. The summed E-state index contributed by atoms with van der Waals surface area (Å²) >= 11 is 0. The predicted molar refractivity (Wildman–Crippen MR) is 76.9 cm³/mol. The highest BCUT2D eigenvalue weighted by Crippen LogP contribution is 2.57. The number of allylic oxidation sites excluding steroid dienone is 1. The van der Waals surface area contributed by atoms with Gasteiger partial charge < -0.3 is 10.5 Å². The molecule has 0 amide bonds. The number of Topliss-reactive ketones (excluding diaryl/α,β-unsaturated/α-hetero) is 2. The molecule has 112 valence electrons. The lowest BCUT2D eigenvalue weighted by Gasteiger charge is -2.54. The van der Waals surface area contributed by atoms with Crippen molar-refractivity contribution in [1.82, 2.24) is 0 Å². The average molecular weight is 279 g/mol. The molecule has 0 spiro atoms. The van der Waals surface area contributed by atoms with Crippen LogP contribution >= 0.6 is 0 Å². The number of carbonyl (C=O) groups excluding carboxylic acids is 2. The Kier molecular flexibility index (Phi) is 3.57. The smallest absolute Gasteiger partial charge is 0.158 e. The minimum atomic E-state index is -1.17. The Hall–Kier alpha value is -1.16. The van der Waals surface area contributed by atoms with E-state index in [-0.39, 0.29) is 29.5 Å². The summed E-state index contributed by atoms with van der Waals surface area (Å²) in [7, 11) is 1.58. The van der Waals surface area contributed by atoms with E-state index in [0.717, 1.165) is 12.8 Å². The van der Waals surface area contributed by atoms with Crippen LogP contribution in [0.5, 0.6) is 0 Å². The van der Waals surface area contributed by atoms with Gasteiger partial charge in [-0.25, -0.2) is 0 Å². The quantitative estimate of drug-likeness (QED) is 0.803. The molecular formula is C16H25NO3. The van der Waals surface area contributed by atoms with Gasteiger partial charge in [0.1, 0.15) is 5.41 Å². The van der Waals surface area contributed by atoms with Gasteiger partial charge in [-0.15, -0.1) is 0 Å². The number of ketones is 2. The largest absolute Gasteiger partial charge is 0.401 e. The van der Waals surface area contributed by atoms with Crippen molar-refractivity contribution >= 4 is 11.6 Å². The van der Waals surface area contributed by atoms with Crippen molar-refractivity contribution in [2.75, 3.05) is 7.11 Å². The van der Waals surface area contributed by atoms with Crippen molar-refractivity contribution in [2.24, 2.45) is 28.4 Å². The van der Waals surface area contributed by atoms with Crippen LogP contribution in [0.15, 0.2) is 11.8 Å². The monoisotopic (exact) mass is 279 g/mol. The SMILES string of the molecule is CO[C@H]1C=C(N)[C@]2(C(=O)C(C)C)C(=O)[C@H]1CCC2(C)C. The second-order valence-electron chi connectivity index (χ2n) is 6.98. The van der Waals surface area contributed by atoms with E-state index in [2.05, 4.69) is 0 Å². The molecule has 0 aliphatic heterocycles. The highest BCUT2D eigenvalue weighted by atomic mass is 16.5. The topological polar surface area (TPSA) is 69.4 Å². The first-order valence-corrected chi connectivity index (χ1v) is 7.29. The van der Waals surface area contributed by atoms with Crippen LogP contribution < -0.4 is 5.73 Å². The van der Waals surface area contributed by atoms with Crippen LogP contribution in [0.4, 0.5) is 0 Å². The summed E-state index contributed by atoms with van der Waals surface area (Å²) < 4.78 is 5.38. The van der Waals surface area contributed by atoms with Crippen LogP contribution in [0.25, 0.3) is 0 Å². The molecule has 2 bridgehead atoms. The predicted octanol–water partition coefficient (Wildman–Crippen LogP) is 2.07. The Morgan fingerprint density at radius 3 is 2.55 bits per heavy atom. The zero-order valence-electron chi connectivity index (χ0n) is 13.0. The van der Waals surface area contributed by atoms with Gasteiger partial charge >= 0.3 is 0 Å². The summed E-state index contributed by atoms with van der Waals surface area (Å²) in [4.78, 5) is 25.9. The first-order chi connectivity index (χ1) is 9.20. The van der Waals surface area contributed by atoms with E-state index in [9.17, 15) is 9.59 Å². The average Bonchev–Trinajstić information content (AvgIpc) is 2.35. The van der Waals surface area contributed by atoms with Crippen LogP contribution in [0.2, 0.25) is 0 Å². The van der Waals surface area contributed by atoms with E-state index < -0.39 is 10.8 Å². The molecule has 4 heteroatoms. The highest BCUT2D eigenvalue weighted by Gasteiger charge is 2.64. The lowest BCUT2D eigenvalue weighted by atomic mass is 9.48. The van der Waals surface area contributed by atoms with Gasteiger partial charge in [0.2, 0.25) is 0 Å². The standard InChI is InChI=1S/C16H25NO3/c1-9(2)13(18)16-12(17)8-11(20-5)10(14(16)19)6-7-15(16,3)4/h8-11H,6-7,17H2,1-5H3/t10-,11-,16-/m0/s1. The van der Waals surface area contributed by atoms with Crippen molar-refractivity contribution in [1.29, 1.82) is 0 Å². The second-order valence-corrected chi connectivity index (χ2v) is 6.98. The van der Waals surface area contributed by atoms with Crippen LogP contribution in [0.1, 0.15) is 40.5 Å². The molecule has 1 fully saturated rings. The second kappa shape index (κ2) is 4.69. The Bertz CT molecular complexity index is 478. The molecule has 2 aliphatic carbocycles. The summed E-state index contributed by atoms with van der Waals surface area (Å²) in [5, 5.41) is 0. The zero-order valence-corrected chi connectivity index (χ0v) is 13.0. The van der Waals surface area contributed by atoms with E-state index in [4.69, 9.17) is 10.5 Å². The molecule has 0 aromatic heterocycles. The highest BCUT2D eigenvalue weighted by molar-refractivity contribution is 6.13. The third-order valence-corrected chi connectivity index (χ3v) is 5.14. The van der Waals surface area contributed by atoms with Crippen molar-refractivity contribution in [3.05, 3.63) is 11.8 Å². The molecule has 2 aliphatic rings. The maximum atomic E-state index is 13.0. The number of nitrogens with two attached hydrogens (primary N) is 1. The minimum Gasteiger partial charge on any atom is -0.401 e. The molecule has 2 rings (SSSR count). The number of carbonyl (C=O) groups is 2. The number of fused-ring (bicyclic) bond motifs is 2. The molecule has 3 atom stereocenters. The molecule has 1 saturated carbocycles. The Labute approximate surface area is 120 Å². The zero-order chi connectivity index (χ0) is 15.3. The lowest BCUT2D eigenvalue weighted by molar-refractivity contribution is -0.160. The Morgan fingerprint density at radius 1 is 1.45 bits per heavy atom. The van der Waals surface area contributed by atoms with Crippen LogP contribution in [-0.4, -0.2) is 24.8 Å².